The van der Waals surface area contributed by atoms with Crippen molar-refractivity contribution in [3.63, 3.8) is 0 Å². The van der Waals surface area contributed by atoms with Crippen molar-refractivity contribution >= 4 is 15.9 Å². The third kappa shape index (κ3) is 3.81. The van der Waals surface area contributed by atoms with Crippen molar-refractivity contribution in [2.24, 2.45) is 0 Å². The third-order valence-electron chi connectivity index (χ3n) is 1.97. The SMILES string of the molecule is Cc1ccc(S(=O)(=O)OCC(=O)C(F)(F)F)cc1. The largest absolute Gasteiger partial charge is 0.452 e. The maximum Gasteiger partial charge on any atom is 0.452 e. The van der Waals surface area contributed by atoms with Crippen LogP contribution in [0.15, 0.2) is 29.2 Å². The first-order valence-corrected chi connectivity index (χ1v) is 6.10. The average molecular weight is 282 g/mol. The predicted octanol–water partition coefficient (Wildman–Crippen LogP) is 1.83. The van der Waals surface area contributed by atoms with Gasteiger partial charge in [-0.05, 0) is 19.1 Å². The minimum absolute atomic E-state index is 0.303. The molecule has 0 fully saturated rings. The Labute approximate surface area is 101 Å². The lowest BCUT2D eigenvalue weighted by molar-refractivity contribution is -0.172. The van der Waals surface area contributed by atoms with E-state index >= 15 is 0 Å². The second-order valence-electron chi connectivity index (χ2n) is 3.45. The number of Topliss-reactive ketones (excluding diaryl/α,β-unsaturated/α-hetero) is 1. The van der Waals surface area contributed by atoms with Crippen molar-refractivity contribution < 1.29 is 30.6 Å². The Kier molecular flexibility index (Phi) is 4.12. The number of benzene rings is 1. The summed E-state index contributed by atoms with van der Waals surface area (Å²) in [4.78, 5) is 10.2. The predicted molar refractivity (Wildman–Crippen MR) is 55.4 cm³/mol. The molecule has 8 heteroatoms. The van der Waals surface area contributed by atoms with Crippen molar-refractivity contribution in [2.75, 3.05) is 6.61 Å². The highest BCUT2D eigenvalue weighted by atomic mass is 32.2. The number of aryl methyl sites for hydroxylation is 1. The first-order chi connectivity index (χ1) is 8.13. The van der Waals surface area contributed by atoms with E-state index in [0.29, 0.717) is 0 Å². The molecule has 0 radical (unpaired) electrons. The molecule has 18 heavy (non-hydrogen) atoms. The molecule has 100 valence electrons. The molecule has 0 aliphatic rings. The molecule has 0 saturated heterocycles. The minimum Gasteiger partial charge on any atom is -0.287 e. The molecule has 0 heterocycles. The summed E-state index contributed by atoms with van der Waals surface area (Å²) in [5.74, 6) is -2.25. The van der Waals surface area contributed by atoms with E-state index in [9.17, 15) is 26.4 Å². The van der Waals surface area contributed by atoms with Crippen LogP contribution in [0, 0.1) is 6.92 Å². The molecule has 1 aromatic rings. The van der Waals surface area contributed by atoms with E-state index in [1.807, 2.05) is 0 Å². The summed E-state index contributed by atoms with van der Waals surface area (Å²) in [6, 6.07) is 5.29. The van der Waals surface area contributed by atoms with Crippen LogP contribution in [0.25, 0.3) is 0 Å². The van der Waals surface area contributed by atoms with Gasteiger partial charge in [-0.1, -0.05) is 17.7 Å². The Morgan fingerprint density at radius 3 is 2.17 bits per heavy atom. The van der Waals surface area contributed by atoms with E-state index in [4.69, 9.17) is 0 Å². The van der Waals surface area contributed by atoms with Crippen LogP contribution in [0.5, 0.6) is 0 Å². The molecular formula is C10H9F3O4S. The Hall–Kier alpha value is -1.41. The maximum atomic E-state index is 11.9. The Bertz CT molecular complexity index is 531. The van der Waals surface area contributed by atoms with Crippen LogP contribution in [0.1, 0.15) is 5.56 Å². The van der Waals surface area contributed by atoms with E-state index in [0.717, 1.165) is 5.56 Å². The minimum atomic E-state index is -5.11. The Balaban J connectivity index is 2.78. The first kappa shape index (κ1) is 14.7. The summed E-state index contributed by atoms with van der Waals surface area (Å²) in [5, 5.41) is 0. The van der Waals surface area contributed by atoms with Crippen molar-refractivity contribution in [1.29, 1.82) is 0 Å². The lowest BCUT2D eigenvalue weighted by Crippen LogP contribution is -2.28. The maximum absolute atomic E-state index is 11.9. The fourth-order valence-corrected chi connectivity index (χ4v) is 1.85. The molecule has 0 aliphatic heterocycles. The third-order valence-corrected chi connectivity index (χ3v) is 3.25. The summed E-state index contributed by atoms with van der Waals surface area (Å²) in [6.45, 7) is 0.157. The quantitative estimate of drug-likeness (QED) is 0.790. The molecule has 0 spiro atoms. The lowest BCUT2D eigenvalue weighted by atomic mass is 10.2. The van der Waals surface area contributed by atoms with Crippen LogP contribution in [0.2, 0.25) is 0 Å². The van der Waals surface area contributed by atoms with Crippen LogP contribution in [-0.2, 0) is 19.1 Å². The van der Waals surface area contributed by atoms with E-state index in [1.54, 1.807) is 6.92 Å². The molecular weight excluding hydrogens is 273 g/mol. The molecule has 0 unspecified atom stereocenters. The van der Waals surface area contributed by atoms with Gasteiger partial charge in [0.05, 0.1) is 4.90 Å². The van der Waals surface area contributed by atoms with Gasteiger partial charge < -0.3 is 0 Å². The summed E-state index contributed by atoms with van der Waals surface area (Å²) in [6.07, 6.45) is -5.11. The molecule has 0 saturated carbocycles. The second kappa shape index (κ2) is 5.07. The molecule has 0 bridgehead atoms. The number of alkyl halides is 3. The van der Waals surface area contributed by atoms with Crippen LogP contribution in [0.4, 0.5) is 13.2 Å². The summed E-state index contributed by atoms with van der Waals surface area (Å²) < 4.78 is 62.5. The van der Waals surface area contributed by atoms with Crippen LogP contribution in [0.3, 0.4) is 0 Å². The molecule has 0 amide bonds. The number of carbonyl (C=O) groups excluding carboxylic acids is 1. The Morgan fingerprint density at radius 1 is 1.22 bits per heavy atom. The number of ketones is 1. The number of hydrogen-bond acceptors (Lipinski definition) is 4. The highest BCUT2D eigenvalue weighted by Crippen LogP contribution is 2.18. The highest BCUT2D eigenvalue weighted by Gasteiger charge is 2.39. The van der Waals surface area contributed by atoms with E-state index in [2.05, 4.69) is 4.18 Å². The van der Waals surface area contributed by atoms with Crippen molar-refractivity contribution in [3.05, 3.63) is 29.8 Å². The zero-order chi connectivity index (χ0) is 14.0. The highest BCUT2D eigenvalue weighted by molar-refractivity contribution is 7.86. The molecule has 4 nitrogen and oxygen atoms in total. The molecule has 0 aromatic heterocycles. The zero-order valence-electron chi connectivity index (χ0n) is 9.19. The van der Waals surface area contributed by atoms with E-state index < -0.39 is 28.7 Å². The van der Waals surface area contributed by atoms with Gasteiger partial charge in [-0.15, -0.1) is 0 Å². The van der Waals surface area contributed by atoms with Gasteiger partial charge in [-0.2, -0.15) is 21.6 Å². The normalized spacial score (nSPS) is 12.4. The smallest absolute Gasteiger partial charge is 0.287 e. The van der Waals surface area contributed by atoms with E-state index in [1.165, 1.54) is 24.3 Å². The molecule has 1 rings (SSSR count). The van der Waals surface area contributed by atoms with Gasteiger partial charge in [0.2, 0.25) is 0 Å². The van der Waals surface area contributed by atoms with E-state index in [-0.39, 0.29) is 4.90 Å². The second-order valence-corrected chi connectivity index (χ2v) is 5.07. The summed E-state index contributed by atoms with van der Waals surface area (Å²) in [5.41, 5.74) is 0.778. The van der Waals surface area contributed by atoms with Gasteiger partial charge in [0.15, 0.2) is 0 Å². The fraction of sp³-hybridized carbons (Fsp3) is 0.300. The number of rotatable bonds is 4. The van der Waals surface area contributed by atoms with Gasteiger partial charge >= 0.3 is 6.18 Å². The van der Waals surface area contributed by atoms with Crippen LogP contribution < -0.4 is 0 Å². The molecule has 0 N–H and O–H groups in total. The summed E-state index contributed by atoms with van der Waals surface area (Å²) >= 11 is 0. The average Bonchev–Trinajstić information content (AvgIpc) is 2.25. The molecule has 0 atom stereocenters. The molecule has 0 aliphatic carbocycles. The monoisotopic (exact) mass is 282 g/mol. The van der Waals surface area contributed by atoms with Crippen molar-refractivity contribution in [2.45, 2.75) is 18.0 Å². The van der Waals surface area contributed by atoms with Crippen LogP contribution in [-0.4, -0.2) is 27.0 Å². The van der Waals surface area contributed by atoms with Crippen molar-refractivity contribution in [1.82, 2.24) is 0 Å². The van der Waals surface area contributed by atoms with Crippen molar-refractivity contribution in [3.8, 4) is 0 Å². The topological polar surface area (TPSA) is 60.4 Å². The lowest BCUT2D eigenvalue weighted by Gasteiger charge is -2.07. The summed E-state index contributed by atoms with van der Waals surface area (Å²) in [7, 11) is -4.35. The standard InChI is InChI=1S/C10H9F3O4S/c1-7-2-4-8(5-3-7)18(15,16)17-6-9(14)10(11,12)13/h2-5H,6H2,1H3. The van der Waals surface area contributed by atoms with Gasteiger partial charge in [0.1, 0.15) is 6.61 Å². The zero-order valence-corrected chi connectivity index (χ0v) is 10.0. The number of hydrogen-bond donors (Lipinski definition) is 0. The van der Waals surface area contributed by atoms with Gasteiger partial charge in [0, 0.05) is 0 Å². The fourth-order valence-electron chi connectivity index (χ4n) is 0.986. The number of carbonyl (C=O) groups is 1. The first-order valence-electron chi connectivity index (χ1n) is 4.69. The number of halogens is 3. The van der Waals surface area contributed by atoms with Gasteiger partial charge in [-0.3, -0.25) is 8.98 Å². The molecule has 1 aromatic carbocycles. The Morgan fingerprint density at radius 2 is 1.72 bits per heavy atom. The van der Waals surface area contributed by atoms with Gasteiger partial charge in [-0.25, -0.2) is 0 Å². The van der Waals surface area contributed by atoms with Crippen LogP contribution >= 0.6 is 0 Å². The van der Waals surface area contributed by atoms with Gasteiger partial charge in [0.25, 0.3) is 15.9 Å².